The number of esters is 1. The second kappa shape index (κ2) is 6.97. The van der Waals surface area contributed by atoms with Crippen LogP contribution in [0, 0.1) is 0 Å². The molecule has 0 aromatic heterocycles. The van der Waals surface area contributed by atoms with Gasteiger partial charge in [-0.15, -0.1) is 0 Å². The first-order valence-corrected chi connectivity index (χ1v) is 8.21. The van der Waals surface area contributed by atoms with E-state index in [-0.39, 0.29) is 18.0 Å². The molecule has 130 valence electrons. The van der Waals surface area contributed by atoms with Gasteiger partial charge >= 0.3 is 5.97 Å². The lowest BCUT2D eigenvalue weighted by atomic mass is 9.87. The van der Waals surface area contributed by atoms with Crippen molar-refractivity contribution in [2.45, 2.75) is 32.0 Å². The molecular formula is C20H21NO4. The van der Waals surface area contributed by atoms with Gasteiger partial charge in [0.1, 0.15) is 11.8 Å². The van der Waals surface area contributed by atoms with E-state index in [9.17, 15) is 9.59 Å². The van der Waals surface area contributed by atoms with E-state index in [1.165, 1.54) is 6.92 Å². The van der Waals surface area contributed by atoms with Gasteiger partial charge in [0.05, 0.1) is 13.2 Å². The van der Waals surface area contributed by atoms with Crippen molar-refractivity contribution >= 4 is 11.9 Å². The van der Waals surface area contributed by atoms with Crippen LogP contribution in [0.3, 0.4) is 0 Å². The van der Waals surface area contributed by atoms with Crippen molar-refractivity contribution in [2.75, 3.05) is 7.11 Å². The Balaban J connectivity index is 1.89. The highest BCUT2D eigenvalue weighted by Crippen LogP contribution is 2.43. The number of β-lactam (4-membered cyclic amide) rings is 1. The molecule has 3 atom stereocenters. The van der Waals surface area contributed by atoms with E-state index >= 15 is 0 Å². The van der Waals surface area contributed by atoms with Crippen molar-refractivity contribution in [3.8, 4) is 5.75 Å². The average molecular weight is 339 g/mol. The first-order valence-electron chi connectivity index (χ1n) is 8.21. The van der Waals surface area contributed by atoms with Gasteiger partial charge in [0.25, 0.3) is 5.91 Å². The van der Waals surface area contributed by atoms with E-state index in [0.29, 0.717) is 0 Å². The molecule has 5 nitrogen and oxygen atoms in total. The lowest BCUT2D eigenvalue weighted by Crippen LogP contribution is -2.60. The summed E-state index contributed by atoms with van der Waals surface area (Å²) in [5.74, 6) is 0.145. The summed E-state index contributed by atoms with van der Waals surface area (Å²) >= 11 is 0. The number of hydrogen-bond donors (Lipinski definition) is 0. The second-order valence-electron chi connectivity index (χ2n) is 6.08. The normalized spacial score (nSPS) is 20.6. The van der Waals surface area contributed by atoms with E-state index in [1.54, 1.807) is 12.0 Å². The quantitative estimate of drug-likeness (QED) is 0.620. The molecule has 1 fully saturated rings. The number of nitrogens with zero attached hydrogens (tertiary/aromatic N) is 1. The fourth-order valence-electron chi connectivity index (χ4n) is 3.24. The molecule has 1 aliphatic heterocycles. The second-order valence-corrected chi connectivity index (χ2v) is 6.08. The Labute approximate surface area is 147 Å². The number of benzene rings is 2. The maximum absolute atomic E-state index is 12.6. The first kappa shape index (κ1) is 17.0. The molecule has 0 bridgehead atoms. The van der Waals surface area contributed by atoms with Crippen LogP contribution >= 0.6 is 0 Å². The number of carbonyl (C=O) groups excluding carboxylic acids is 2. The van der Waals surface area contributed by atoms with Gasteiger partial charge in [0, 0.05) is 6.92 Å². The smallest absolute Gasteiger partial charge is 0.303 e. The average Bonchev–Trinajstić information content (AvgIpc) is 2.64. The third-order valence-electron chi connectivity index (χ3n) is 4.53. The predicted molar refractivity (Wildman–Crippen MR) is 93.0 cm³/mol. The monoisotopic (exact) mass is 339 g/mol. The summed E-state index contributed by atoms with van der Waals surface area (Å²) in [6.07, 6.45) is -0.763. The summed E-state index contributed by atoms with van der Waals surface area (Å²) in [5, 5.41) is 0. The van der Waals surface area contributed by atoms with Crippen LogP contribution in [0.1, 0.15) is 37.1 Å². The standard InChI is InChI=1S/C20H21NO4/c1-13(15-9-11-17(24-3)12-10-15)21-18(16-7-5-4-6-8-16)19(20(21)23)25-14(2)22/h4-13,18-19H,1-3H3/t13-,18-,19+/m1/s1. The van der Waals surface area contributed by atoms with Gasteiger partial charge < -0.3 is 14.4 Å². The molecule has 25 heavy (non-hydrogen) atoms. The molecule has 0 N–H and O–H groups in total. The highest BCUT2D eigenvalue weighted by molar-refractivity contribution is 5.91. The van der Waals surface area contributed by atoms with Crippen molar-refractivity contribution in [3.63, 3.8) is 0 Å². The minimum absolute atomic E-state index is 0.143. The van der Waals surface area contributed by atoms with Crippen LogP contribution in [0.4, 0.5) is 0 Å². The molecule has 5 heteroatoms. The van der Waals surface area contributed by atoms with Crippen LogP contribution in [-0.4, -0.2) is 30.0 Å². The van der Waals surface area contributed by atoms with Crippen molar-refractivity contribution in [1.82, 2.24) is 4.90 Å². The zero-order valence-corrected chi connectivity index (χ0v) is 14.5. The van der Waals surface area contributed by atoms with Gasteiger partial charge in [-0.05, 0) is 30.2 Å². The van der Waals surface area contributed by atoms with Crippen molar-refractivity contribution in [3.05, 3.63) is 65.7 Å². The number of ether oxygens (including phenoxy) is 2. The van der Waals surface area contributed by atoms with Crippen LogP contribution in [0.2, 0.25) is 0 Å². The van der Waals surface area contributed by atoms with Gasteiger partial charge in [-0.2, -0.15) is 0 Å². The molecule has 1 heterocycles. The molecular weight excluding hydrogens is 318 g/mol. The van der Waals surface area contributed by atoms with E-state index < -0.39 is 12.1 Å². The Kier molecular flexibility index (Phi) is 4.74. The first-order chi connectivity index (χ1) is 12.0. The van der Waals surface area contributed by atoms with Crippen molar-refractivity contribution in [2.24, 2.45) is 0 Å². The third-order valence-corrected chi connectivity index (χ3v) is 4.53. The predicted octanol–water partition coefficient (Wildman–Crippen LogP) is 3.27. The molecule has 2 aromatic rings. The summed E-state index contributed by atoms with van der Waals surface area (Å²) < 4.78 is 10.5. The molecule has 1 aliphatic rings. The van der Waals surface area contributed by atoms with Crippen LogP contribution < -0.4 is 4.74 Å². The fraction of sp³-hybridized carbons (Fsp3) is 0.300. The van der Waals surface area contributed by atoms with Crippen LogP contribution in [0.5, 0.6) is 5.75 Å². The van der Waals surface area contributed by atoms with Crippen LogP contribution in [0.15, 0.2) is 54.6 Å². The van der Waals surface area contributed by atoms with Crippen molar-refractivity contribution < 1.29 is 19.1 Å². The number of likely N-dealkylation sites (tertiary alicyclic amines) is 1. The minimum atomic E-state index is -0.763. The van der Waals surface area contributed by atoms with E-state index in [0.717, 1.165) is 16.9 Å². The van der Waals surface area contributed by atoms with E-state index in [4.69, 9.17) is 9.47 Å². The fourth-order valence-corrected chi connectivity index (χ4v) is 3.24. The Hall–Kier alpha value is -2.82. The topological polar surface area (TPSA) is 55.8 Å². The highest BCUT2D eigenvalue weighted by atomic mass is 16.6. The lowest BCUT2D eigenvalue weighted by Gasteiger charge is -2.49. The molecule has 0 aliphatic carbocycles. The zero-order valence-electron chi connectivity index (χ0n) is 14.5. The van der Waals surface area contributed by atoms with Gasteiger partial charge in [0.2, 0.25) is 6.10 Å². The number of methoxy groups -OCH3 is 1. The Bertz CT molecular complexity index is 757. The summed E-state index contributed by atoms with van der Waals surface area (Å²) in [6.45, 7) is 3.30. The van der Waals surface area contributed by atoms with Crippen molar-refractivity contribution in [1.29, 1.82) is 0 Å². The van der Waals surface area contributed by atoms with Gasteiger partial charge in [-0.25, -0.2) is 0 Å². The van der Waals surface area contributed by atoms with Gasteiger partial charge in [0.15, 0.2) is 0 Å². The highest BCUT2D eigenvalue weighted by Gasteiger charge is 2.52. The number of hydrogen-bond acceptors (Lipinski definition) is 4. The molecule has 0 radical (unpaired) electrons. The summed E-state index contributed by atoms with van der Waals surface area (Å²) in [7, 11) is 1.62. The molecule has 2 aromatic carbocycles. The summed E-state index contributed by atoms with van der Waals surface area (Å²) in [5.41, 5.74) is 1.95. The molecule has 0 unspecified atom stereocenters. The summed E-state index contributed by atoms with van der Waals surface area (Å²) in [4.78, 5) is 25.8. The maximum Gasteiger partial charge on any atom is 0.303 e. The number of rotatable bonds is 5. The number of carbonyl (C=O) groups is 2. The van der Waals surface area contributed by atoms with E-state index in [2.05, 4.69) is 0 Å². The zero-order chi connectivity index (χ0) is 18.0. The summed E-state index contributed by atoms with van der Waals surface area (Å²) in [6, 6.07) is 16.8. The molecule has 0 spiro atoms. The number of amides is 1. The third kappa shape index (κ3) is 3.22. The Morgan fingerprint density at radius 2 is 1.72 bits per heavy atom. The van der Waals surface area contributed by atoms with Gasteiger partial charge in [-0.3, -0.25) is 9.59 Å². The van der Waals surface area contributed by atoms with Crippen LogP contribution in [0.25, 0.3) is 0 Å². The minimum Gasteiger partial charge on any atom is -0.497 e. The molecule has 1 amide bonds. The van der Waals surface area contributed by atoms with E-state index in [1.807, 2.05) is 61.5 Å². The molecule has 0 saturated carbocycles. The van der Waals surface area contributed by atoms with Crippen LogP contribution in [-0.2, 0) is 14.3 Å². The Morgan fingerprint density at radius 3 is 2.28 bits per heavy atom. The largest absolute Gasteiger partial charge is 0.497 e. The SMILES string of the molecule is COc1ccc([C@@H](C)N2C(=O)[C@@H](OC(C)=O)[C@H]2c2ccccc2)cc1. The molecule has 3 rings (SSSR count). The van der Waals surface area contributed by atoms with Gasteiger partial charge in [-0.1, -0.05) is 42.5 Å². The Morgan fingerprint density at radius 1 is 1.08 bits per heavy atom. The maximum atomic E-state index is 12.6. The lowest BCUT2D eigenvalue weighted by molar-refractivity contribution is -0.186. The molecule has 1 saturated heterocycles.